The van der Waals surface area contributed by atoms with Gasteiger partial charge < -0.3 is 14.8 Å². The van der Waals surface area contributed by atoms with Gasteiger partial charge in [-0.1, -0.05) is 37.6 Å². The summed E-state index contributed by atoms with van der Waals surface area (Å²) < 4.78 is 36.4. The first-order valence-corrected chi connectivity index (χ1v) is 11.7. The minimum absolute atomic E-state index is 0.251. The second-order valence-electron chi connectivity index (χ2n) is 7.31. The largest absolute Gasteiger partial charge is 0.493 e. The number of carbonyl (C=O) groups excluding carboxylic acids is 1. The van der Waals surface area contributed by atoms with Gasteiger partial charge in [-0.15, -0.1) is 0 Å². The van der Waals surface area contributed by atoms with Crippen LogP contribution in [0.15, 0.2) is 66.1 Å². The van der Waals surface area contributed by atoms with Crippen LogP contribution in [0.2, 0.25) is 0 Å². The number of nitrogens with one attached hydrogen (secondary N) is 1. The maximum absolute atomic E-state index is 12.8. The van der Waals surface area contributed by atoms with E-state index in [-0.39, 0.29) is 16.1 Å². The van der Waals surface area contributed by atoms with E-state index in [2.05, 4.69) is 11.9 Å². The molecule has 0 atom stereocenters. The fourth-order valence-electron chi connectivity index (χ4n) is 3.55. The van der Waals surface area contributed by atoms with Crippen molar-refractivity contribution in [1.82, 2.24) is 0 Å². The molecule has 0 saturated heterocycles. The summed E-state index contributed by atoms with van der Waals surface area (Å²) in [5.74, 6) is 0.778. The lowest BCUT2D eigenvalue weighted by atomic mass is 10.2. The Labute approximate surface area is 183 Å². The van der Waals surface area contributed by atoms with Crippen LogP contribution in [-0.4, -0.2) is 33.3 Å². The van der Waals surface area contributed by atoms with Crippen LogP contribution >= 0.6 is 0 Å². The van der Waals surface area contributed by atoms with Gasteiger partial charge in [0.25, 0.3) is 0 Å². The smallest absolute Gasteiger partial charge is 0.248 e. The van der Waals surface area contributed by atoms with E-state index in [0.717, 1.165) is 18.4 Å². The molecule has 1 aliphatic carbocycles. The fraction of sp³-hybridized carbons (Fsp3) is 0.292. The molecular formula is C24H27NO5S. The number of ether oxygens (including phenoxy) is 2. The van der Waals surface area contributed by atoms with Crippen LogP contribution in [0.25, 0.3) is 6.08 Å². The molecule has 31 heavy (non-hydrogen) atoms. The molecule has 0 aromatic heterocycles. The summed E-state index contributed by atoms with van der Waals surface area (Å²) in [6, 6.07) is 11.8. The van der Waals surface area contributed by atoms with Crippen molar-refractivity contribution in [2.75, 3.05) is 19.0 Å². The molecule has 2 aromatic rings. The van der Waals surface area contributed by atoms with Gasteiger partial charge in [0.15, 0.2) is 21.3 Å². The van der Waals surface area contributed by atoms with Crippen LogP contribution in [0.5, 0.6) is 11.5 Å². The molecule has 3 rings (SSSR count). The summed E-state index contributed by atoms with van der Waals surface area (Å²) in [4.78, 5) is 12.6. The minimum atomic E-state index is -3.37. The van der Waals surface area contributed by atoms with Crippen LogP contribution in [0.3, 0.4) is 0 Å². The number of benzene rings is 2. The molecule has 6 nitrogen and oxygen atoms in total. The SMILES string of the molecule is C=CCOc1ccc(/C=C/C(=O)Nc2cccc(S(=O)(=O)C3CCCC3)c2)cc1OC. The first-order valence-electron chi connectivity index (χ1n) is 10.2. The van der Waals surface area contributed by atoms with Gasteiger partial charge in [-0.25, -0.2) is 8.42 Å². The molecule has 1 fully saturated rings. The van der Waals surface area contributed by atoms with Crippen molar-refractivity contribution in [2.24, 2.45) is 0 Å². The first kappa shape index (κ1) is 22.6. The Hall–Kier alpha value is -3.06. The zero-order chi connectivity index (χ0) is 22.3. The Morgan fingerprint density at radius 2 is 1.94 bits per heavy atom. The summed E-state index contributed by atoms with van der Waals surface area (Å²) in [6.45, 7) is 3.98. The molecule has 1 amide bonds. The molecule has 164 valence electrons. The molecule has 0 heterocycles. The van der Waals surface area contributed by atoms with Crippen molar-refractivity contribution in [3.05, 3.63) is 66.8 Å². The number of amides is 1. The monoisotopic (exact) mass is 441 g/mol. The van der Waals surface area contributed by atoms with E-state index in [0.29, 0.717) is 36.6 Å². The number of methoxy groups -OCH3 is 1. The van der Waals surface area contributed by atoms with E-state index < -0.39 is 9.84 Å². The molecule has 1 saturated carbocycles. The molecule has 0 spiro atoms. The van der Waals surface area contributed by atoms with E-state index in [1.165, 1.54) is 12.1 Å². The molecular weight excluding hydrogens is 414 g/mol. The van der Waals surface area contributed by atoms with Gasteiger partial charge in [0.2, 0.25) is 5.91 Å². The van der Waals surface area contributed by atoms with Crippen LogP contribution in [0.1, 0.15) is 31.2 Å². The lowest BCUT2D eigenvalue weighted by Crippen LogP contribution is -2.18. The predicted octanol–water partition coefficient (Wildman–Crippen LogP) is 4.63. The topological polar surface area (TPSA) is 81.7 Å². The maximum Gasteiger partial charge on any atom is 0.248 e. The van der Waals surface area contributed by atoms with Crippen molar-refractivity contribution in [3.63, 3.8) is 0 Å². The van der Waals surface area contributed by atoms with Crippen LogP contribution < -0.4 is 14.8 Å². The number of hydrogen-bond donors (Lipinski definition) is 1. The normalized spacial score (nSPS) is 14.5. The third-order valence-corrected chi connectivity index (χ3v) is 7.40. The van der Waals surface area contributed by atoms with Crippen LogP contribution in [0, 0.1) is 0 Å². The van der Waals surface area contributed by atoms with Crippen molar-refractivity contribution in [1.29, 1.82) is 0 Å². The van der Waals surface area contributed by atoms with E-state index in [1.54, 1.807) is 55.7 Å². The Morgan fingerprint density at radius 3 is 2.65 bits per heavy atom. The molecule has 7 heteroatoms. The van der Waals surface area contributed by atoms with E-state index in [4.69, 9.17) is 9.47 Å². The number of anilines is 1. The Bertz CT molecular complexity index is 1070. The van der Waals surface area contributed by atoms with Crippen LogP contribution in [0.4, 0.5) is 5.69 Å². The Balaban J connectivity index is 1.68. The lowest BCUT2D eigenvalue weighted by molar-refractivity contribution is -0.111. The maximum atomic E-state index is 12.8. The van der Waals surface area contributed by atoms with Crippen molar-refractivity contribution in [2.45, 2.75) is 35.8 Å². The minimum Gasteiger partial charge on any atom is -0.493 e. The van der Waals surface area contributed by atoms with Crippen LogP contribution in [-0.2, 0) is 14.6 Å². The summed E-state index contributed by atoms with van der Waals surface area (Å²) in [5.41, 5.74) is 1.20. The van der Waals surface area contributed by atoms with Gasteiger partial charge in [-0.05, 0) is 54.8 Å². The summed E-state index contributed by atoms with van der Waals surface area (Å²) in [5, 5.41) is 2.40. The summed E-state index contributed by atoms with van der Waals surface area (Å²) >= 11 is 0. The number of hydrogen-bond acceptors (Lipinski definition) is 5. The first-order chi connectivity index (χ1) is 14.9. The highest BCUT2D eigenvalue weighted by atomic mass is 32.2. The standard InChI is InChI=1S/C24H27NO5S/c1-3-15-30-22-13-11-18(16-23(22)29-2)12-14-24(26)25-19-7-6-10-21(17-19)31(27,28)20-8-4-5-9-20/h3,6-7,10-14,16-17,20H,1,4-5,8-9,15H2,2H3,(H,25,26)/b14-12+. The van der Waals surface area contributed by atoms with Crippen molar-refractivity contribution in [3.8, 4) is 11.5 Å². The number of rotatable bonds is 9. The van der Waals surface area contributed by atoms with Crippen molar-refractivity contribution >= 4 is 27.5 Å². The number of carbonyl (C=O) groups is 1. The molecule has 0 radical (unpaired) electrons. The van der Waals surface area contributed by atoms with Gasteiger partial charge in [0.1, 0.15) is 6.61 Å². The quantitative estimate of drug-likeness (QED) is 0.453. The highest BCUT2D eigenvalue weighted by molar-refractivity contribution is 7.92. The summed E-state index contributed by atoms with van der Waals surface area (Å²) in [6.07, 6.45) is 7.96. The van der Waals surface area contributed by atoms with Gasteiger partial charge in [-0.2, -0.15) is 0 Å². The van der Waals surface area contributed by atoms with E-state index >= 15 is 0 Å². The van der Waals surface area contributed by atoms with Gasteiger partial charge in [0.05, 0.1) is 17.3 Å². The third-order valence-electron chi connectivity index (χ3n) is 5.14. The molecule has 0 aliphatic heterocycles. The second-order valence-corrected chi connectivity index (χ2v) is 9.54. The highest BCUT2D eigenvalue weighted by Gasteiger charge is 2.30. The lowest BCUT2D eigenvalue weighted by Gasteiger charge is -2.12. The van der Waals surface area contributed by atoms with E-state index in [1.807, 2.05) is 0 Å². The van der Waals surface area contributed by atoms with E-state index in [9.17, 15) is 13.2 Å². The van der Waals surface area contributed by atoms with Gasteiger partial charge >= 0.3 is 0 Å². The number of sulfone groups is 1. The molecule has 0 bridgehead atoms. The second kappa shape index (κ2) is 10.3. The molecule has 2 aromatic carbocycles. The highest BCUT2D eigenvalue weighted by Crippen LogP contribution is 2.31. The predicted molar refractivity (Wildman–Crippen MR) is 122 cm³/mol. The zero-order valence-corrected chi connectivity index (χ0v) is 18.4. The average Bonchev–Trinajstić information content (AvgIpc) is 3.32. The third kappa shape index (κ3) is 5.76. The molecule has 1 aliphatic rings. The van der Waals surface area contributed by atoms with Gasteiger partial charge in [-0.3, -0.25) is 4.79 Å². The molecule has 1 N–H and O–H groups in total. The average molecular weight is 442 g/mol. The Morgan fingerprint density at radius 1 is 1.16 bits per heavy atom. The zero-order valence-electron chi connectivity index (χ0n) is 17.5. The fourth-order valence-corrected chi connectivity index (χ4v) is 5.45. The molecule has 0 unspecified atom stereocenters. The Kier molecular flexibility index (Phi) is 7.52. The van der Waals surface area contributed by atoms with Crippen molar-refractivity contribution < 1.29 is 22.7 Å². The summed E-state index contributed by atoms with van der Waals surface area (Å²) in [7, 11) is -1.83. The van der Waals surface area contributed by atoms with Gasteiger partial charge in [0, 0.05) is 11.8 Å².